The molecule has 0 aromatic heterocycles. The van der Waals surface area contributed by atoms with Gasteiger partial charge in [0.25, 0.3) is 0 Å². The molecule has 0 bridgehead atoms. The van der Waals surface area contributed by atoms with Crippen LogP contribution >= 0.6 is 0 Å². The van der Waals surface area contributed by atoms with E-state index in [0.717, 1.165) is 63.5 Å². The number of esters is 2. The molecule has 6 aliphatic rings. The number of rotatable bonds is 2. The van der Waals surface area contributed by atoms with Crippen LogP contribution in [0, 0.1) is 52.8 Å². The van der Waals surface area contributed by atoms with Gasteiger partial charge in [0.1, 0.15) is 12.2 Å². The molecule has 0 aromatic carbocycles. The molecule has 0 unspecified atom stereocenters. The van der Waals surface area contributed by atoms with Crippen molar-refractivity contribution in [1.82, 2.24) is 4.90 Å². The molecule has 0 aromatic rings. The van der Waals surface area contributed by atoms with E-state index in [1.165, 1.54) is 33.2 Å². The summed E-state index contributed by atoms with van der Waals surface area (Å²) in [4.78, 5) is 26.8. The van der Waals surface area contributed by atoms with Crippen molar-refractivity contribution in [2.75, 3.05) is 13.1 Å². The molecular weight excluding hydrogens is 466 g/mol. The highest BCUT2D eigenvalue weighted by atomic mass is 16.5. The Labute approximate surface area is 223 Å². The van der Waals surface area contributed by atoms with E-state index in [1.54, 1.807) is 0 Å². The first kappa shape index (κ1) is 26.1. The minimum atomic E-state index is -0.654. The summed E-state index contributed by atoms with van der Waals surface area (Å²) < 4.78 is 11.7. The highest BCUT2D eigenvalue weighted by molar-refractivity contribution is 5.66. The third-order valence-electron chi connectivity index (χ3n) is 12.7. The Hall–Kier alpha value is -1.14. The first-order valence-corrected chi connectivity index (χ1v) is 15.3. The van der Waals surface area contributed by atoms with Gasteiger partial charge in [0.15, 0.2) is 0 Å². The molecule has 6 nitrogen and oxygen atoms in total. The number of hydrogen-bond acceptors (Lipinski definition) is 6. The molecule has 2 aliphatic heterocycles. The Morgan fingerprint density at radius 1 is 0.811 bits per heavy atom. The van der Waals surface area contributed by atoms with Gasteiger partial charge in [0.2, 0.25) is 0 Å². The van der Waals surface area contributed by atoms with Crippen molar-refractivity contribution in [2.24, 2.45) is 52.8 Å². The lowest BCUT2D eigenvalue weighted by Crippen LogP contribution is -2.62. The summed E-state index contributed by atoms with van der Waals surface area (Å²) in [6.45, 7) is 12.7. The van der Waals surface area contributed by atoms with Gasteiger partial charge in [0.05, 0.1) is 5.60 Å². The molecule has 6 rings (SSSR count). The Morgan fingerprint density at radius 2 is 1.57 bits per heavy atom. The van der Waals surface area contributed by atoms with Crippen LogP contribution in [-0.4, -0.2) is 58.9 Å². The van der Waals surface area contributed by atoms with Crippen LogP contribution in [0.3, 0.4) is 0 Å². The van der Waals surface area contributed by atoms with Crippen LogP contribution < -0.4 is 0 Å². The van der Waals surface area contributed by atoms with Gasteiger partial charge in [-0.25, -0.2) is 0 Å². The summed E-state index contributed by atoms with van der Waals surface area (Å²) in [6.07, 6.45) is 8.85. The van der Waals surface area contributed by atoms with Crippen LogP contribution in [0.25, 0.3) is 0 Å². The van der Waals surface area contributed by atoms with Crippen LogP contribution in [-0.2, 0) is 19.1 Å². The van der Waals surface area contributed by atoms with Crippen molar-refractivity contribution >= 4 is 11.9 Å². The topological polar surface area (TPSA) is 76.1 Å². The standard InChI is InChI=1S/C31H49NO5/c1-17-6-7-28-18(2)22-9-11-31(35)24(23(22)16-32(28)15-17)13-25-26(31)14-29(37-20(4)34)27-12-21(36-19(3)33)8-10-30(25,27)5/h17-18,21-29,35H,6-16H2,1-5H3/t17-,18-,21-,22-,23-,24+,25+,26-,27-,28+,29+,30-,31+/m1/s1. The van der Waals surface area contributed by atoms with E-state index in [4.69, 9.17) is 9.47 Å². The van der Waals surface area contributed by atoms with E-state index in [-0.39, 0.29) is 41.4 Å². The Morgan fingerprint density at radius 3 is 2.30 bits per heavy atom. The summed E-state index contributed by atoms with van der Waals surface area (Å²) in [5, 5.41) is 12.6. The molecule has 6 fully saturated rings. The SMILES string of the molecule is CC(=O)O[C@@H]1CC[C@@]2(C)[C@H](C1)[C@@H](OC(C)=O)C[C@@H]1[C@@H]2C[C@H]2[C@@H]3CN4C[C@H](C)CC[C@H]4[C@H](C)[C@H]3CC[C@@]12O. The van der Waals surface area contributed by atoms with Gasteiger partial charge in [-0.3, -0.25) is 14.5 Å². The number of fused-ring (bicyclic) bond motifs is 8. The van der Waals surface area contributed by atoms with Crippen molar-refractivity contribution in [2.45, 2.75) is 116 Å². The summed E-state index contributed by atoms with van der Waals surface area (Å²) in [5.74, 6) is 3.41. The minimum Gasteiger partial charge on any atom is -0.463 e. The summed E-state index contributed by atoms with van der Waals surface area (Å²) in [7, 11) is 0. The maximum atomic E-state index is 12.6. The summed E-state index contributed by atoms with van der Waals surface area (Å²) in [5.41, 5.74) is -0.663. The molecule has 13 atom stereocenters. The van der Waals surface area contributed by atoms with E-state index in [9.17, 15) is 14.7 Å². The van der Waals surface area contributed by atoms with Crippen LogP contribution in [0.4, 0.5) is 0 Å². The molecule has 4 aliphatic carbocycles. The highest BCUT2D eigenvalue weighted by Crippen LogP contribution is 2.68. The number of nitrogens with zero attached hydrogens (tertiary/aromatic N) is 1. The lowest BCUT2D eigenvalue weighted by Gasteiger charge is -2.59. The van der Waals surface area contributed by atoms with Crippen LogP contribution in [0.2, 0.25) is 0 Å². The fourth-order valence-electron chi connectivity index (χ4n) is 11.2. The van der Waals surface area contributed by atoms with Crippen molar-refractivity contribution in [3.63, 3.8) is 0 Å². The number of carbonyl (C=O) groups excluding carboxylic acids is 2. The molecule has 37 heavy (non-hydrogen) atoms. The minimum absolute atomic E-state index is 0.00922. The monoisotopic (exact) mass is 515 g/mol. The highest BCUT2D eigenvalue weighted by Gasteiger charge is 2.68. The third-order valence-corrected chi connectivity index (χ3v) is 12.7. The summed E-state index contributed by atoms with van der Waals surface area (Å²) in [6, 6.07) is 0.721. The zero-order chi connectivity index (χ0) is 26.3. The maximum absolute atomic E-state index is 12.6. The van der Waals surface area contributed by atoms with Crippen molar-refractivity contribution < 1.29 is 24.2 Å². The molecule has 2 saturated heterocycles. The summed E-state index contributed by atoms with van der Waals surface area (Å²) >= 11 is 0. The first-order valence-electron chi connectivity index (χ1n) is 15.3. The zero-order valence-corrected chi connectivity index (χ0v) is 23.7. The second-order valence-electron chi connectivity index (χ2n) is 14.5. The normalized spacial score (nSPS) is 53.1. The Balaban J connectivity index is 1.30. The average molecular weight is 516 g/mol. The first-order chi connectivity index (χ1) is 17.5. The molecular formula is C31H49NO5. The van der Waals surface area contributed by atoms with Crippen molar-refractivity contribution in [1.29, 1.82) is 0 Å². The van der Waals surface area contributed by atoms with Gasteiger partial charge in [-0.15, -0.1) is 0 Å². The molecule has 0 spiro atoms. The fourth-order valence-corrected chi connectivity index (χ4v) is 11.2. The zero-order valence-electron chi connectivity index (χ0n) is 23.7. The van der Waals surface area contributed by atoms with Crippen molar-refractivity contribution in [3.05, 3.63) is 0 Å². The van der Waals surface area contributed by atoms with Gasteiger partial charge in [-0.2, -0.15) is 0 Å². The molecule has 2 heterocycles. The molecule has 6 heteroatoms. The lowest BCUT2D eigenvalue weighted by atomic mass is 9.50. The van der Waals surface area contributed by atoms with Gasteiger partial charge >= 0.3 is 11.9 Å². The van der Waals surface area contributed by atoms with Crippen LogP contribution in [0.1, 0.15) is 92.4 Å². The quantitative estimate of drug-likeness (QED) is 0.532. The van der Waals surface area contributed by atoms with Crippen LogP contribution in [0.5, 0.6) is 0 Å². The second kappa shape index (κ2) is 9.21. The van der Waals surface area contributed by atoms with Crippen LogP contribution in [0.15, 0.2) is 0 Å². The van der Waals surface area contributed by atoms with Gasteiger partial charge < -0.3 is 14.6 Å². The Bertz CT molecular complexity index is 921. The van der Waals surface area contributed by atoms with Gasteiger partial charge in [-0.05, 0) is 105 Å². The molecule has 0 amide bonds. The van der Waals surface area contributed by atoms with Gasteiger partial charge in [-0.1, -0.05) is 20.8 Å². The van der Waals surface area contributed by atoms with E-state index in [0.29, 0.717) is 29.6 Å². The largest absolute Gasteiger partial charge is 0.463 e. The maximum Gasteiger partial charge on any atom is 0.302 e. The molecule has 4 saturated carbocycles. The molecule has 1 N–H and O–H groups in total. The smallest absolute Gasteiger partial charge is 0.302 e. The van der Waals surface area contributed by atoms with E-state index >= 15 is 0 Å². The Kier molecular flexibility index (Phi) is 6.50. The third kappa shape index (κ3) is 4.10. The number of aliphatic hydroxyl groups is 1. The molecule has 0 radical (unpaired) electrons. The number of hydrogen-bond donors (Lipinski definition) is 1. The van der Waals surface area contributed by atoms with E-state index < -0.39 is 5.60 Å². The molecule has 208 valence electrons. The number of carbonyl (C=O) groups is 2. The van der Waals surface area contributed by atoms with E-state index in [1.807, 2.05) is 0 Å². The predicted molar refractivity (Wildman–Crippen MR) is 140 cm³/mol. The predicted octanol–water partition coefficient (Wildman–Crippen LogP) is 4.82. The fraction of sp³-hybridized carbons (Fsp3) is 0.935. The van der Waals surface area contributed by atoms with E-state index in [2.05, 4.69) is 25.7 Å². The van der Waals surface area contributed by atoms with Crippen molar-refractivity contribution in [3.8, 4) is 0 Å². The van der Waals surface area contributed by atoms with Gasteiger partial charge in [0, 0.05) is 38.9 Å². The number of ether oxygens (including phenoxy) is 2. The number of piperidine rings is 2. The second-order valence-corrected chi connectivity index (χ2v) is 14.5. The lowest BCUT2D eigenvalue weighted by molar-refractivity contribution is -0.195. The average Bonchev–Trinajstić information content (AvgIpc) is 3.13.